The van der Waals surface area contributed by atoms with Crippen molar-refractivity contribution in [3.05, 3.63) is 33.1 Å². The minimum Gasteiger partial charge on any atom is -0.299 e. The Labute approximate surface area is 97.4 Å². The van der Waals surface area contributed by atoms with E-state index in [0.29, 0.717) is 3.57 Å². The van der Waals surface area contributed by atoms with Crippen molar-refractivity contribution in [1.82, 2.24) is 4.90 Å². The van der Waals surface area contributed by atoms with Gasteiger partial charge in [0.2, 0.25) is 0 Å². The molecule has 1 saturated carbocycles. The van der Waals surface area contributed by atoms with Crippen LogP contribution >= 0.6 is 22.6 Å². The number of halogens is 2. The highest BCUT2D eigenvalue weighted by Gasteiger charge is 2.25. The van der Waals surface area contributed by atoms with Gasteiger partial charge in [0.05, 0.1) is 0 Å². The van der Waals surface area contributed by atoms with Crippen molar-refractivity contribution >= 4 is 22.6 Å². The summed E-state index contributed by atoms with van der Waals surface area (Å²) in [6.07, 6.45) is 2.63. The van der Waals surface area contributed by atoms with Crippen LogP contribution in [0.4, 0.5) is 4.39 Å². The third-order valence-corrected chi connectivity index (χ3v) is 3.41. The van der Waals surface area contributed by atoms with Crippen molar-refractivity contribution < 1.29 is 4.39 Å². The average molecular weight is 305 g/mol. The molecule has 0 bridgehead atoms. The molecule has 1 aromatic carbocycles. The van der Waals surface area contributed by atoms with Crippen LogP contribution in [0.3, 0.4) is 0 Å². The Kier molecular flexibility index (Phi) is 3.07. The van der Waals surface area contributed by atoms with Crippen LogP contribution in [-0.4, -0.2) is 18.0 Å². The Balaban J connectivity index is 2.04. The van der Waals surface area contributed by atoms with E-state index in [0.717, 1.165) is 12.6 Å². The van der Waals surface area contributed by atoms with Gasteiger partial charge in [-0.05, 0) is 60.2 Å². The maximum atomic E-state index is 13.0. The molecule has 0 unspecified atom stereocenters. The van der Waals surface area contributed by atoms with E-state index < -0.39 is 0 Å². The Morgan fingerprint density at radius 2 is 2.21 bits per heavy atom. The van der Waals surface area contributed by atoms with Crippen LogP contribution in [0.15, 0.2) is 18.2 Å². The molecule has 0 amide bonds. The van der Waals surface area contributed by atoms with Crippen LogP contribution in [-0.2, 0) is 6.54 Å². The van der Waals surface area contributed by atoms with E-state index in [1.165, 1.54) is 18.4 Å². The maximum absolute atomic E-state index is 13.0. The Morgan fingerprint density at radius 3 is 2.79 bits per heavy atom. The average Bonchev–Trinajstić information content (AvgIpc) is 2.94. The zero-order valence-electron chi connectivity index (χ0n) is 8.13. The minimum absolute atomic E-state index is 0.122. The second-order valence-corrected chi connectivity index (χ2v) is 5.06. The predicted octanol–water partition coefficient (Wildman–Crippen LogP) is 3.02. The predicted molar refractivity (Wildman–Crippen MR) is 63.6 cm³/mol. The molecule has 76 valence electrons. The third-order valence-electron chi connectivity index (χ3n) is 2.59. The van der Waals surface area contributed by atoms with E-state index in [2.05, 4.69) is 11.9 Å². The molecule has 1 aromatic rings. The van der Waals surface area contributed by atoms with Gasteiger partial charge in [-0.2, -0.15) is 0 Å². The fourth-order valence-electron chi connectivity index (χ4n) is 1.57. The normalized spacial score (nSPS) is 16.3. The molecule has 0 aliphatic heterocycles. The van der Waals surface area contributed by atoms with Gasteiger partial charge in [0, 0.05) is 16.2 Å². The molecular weight excluding hydrogens is 292 g/mol. The Hall–Kier alpha value is -0.160. The first-order chi connectivity index (χ1) is 6.66. The van der Waals surface area contributed by atoms with Gasteiger partial charge in [0.1, 0.15) is 5.82 Å². The summed E-state index contributed by atoms with van der Waals surface area (Å²) in [5.74, 6) is -0.122. The zero-order chi connectivity index (χ0) is 10.1. The zero-order valence-corrected chi connectivity index (χ0v) is 10.3. The lowest BCUT2D eigenvalue weighted by atomic mass is 10.2. The first-order valence-electron chi connectivity index (χ1n) is 4.81. The van der Waals surface area contributed by atoms with Crippen LogP contribution in [0.2, 0.25) is 0 Å². The number of benzene rings is 1. The standard InChI is InChI=1S/C11H13FIN/c1-14(9-3-4-9)7-8-2-5-10(12)11(13)6-8/h2,5-6,9H,3-4,7H2,1H3. The van der Waals surface area contributed by atoms with Crippen molar-refractivity contribution in [3.8, 4) is 0 Å². The van der Waals surface area contributed by atoms with Crippen molar-refractivity contribution in [2.75, 3.05) is 7.05 Å². The summed E-state index contributed by atoms with van der Waals surface area (Å²) in [7, 11) is 2.13. The van der Waals surface area contributed by atoms with Crippen LogP contribution in [0, 0.1) is 9.39 Å². The molecule has 1 nitrogen and oxygen atoms in total. The summed E-state index contributed by atoms with van der Waals surface area (Å²) in [6, 6.07) is 6.11. The van der Waals surface area contributed by atoms with Crippen LogP contribution in [0.5, 0.6) is 0 Å². The summed E-state index contributed by atoms with van der Waals surface area (Å²) < 4.78 is 13.7. The number of hydrogen-bond donors (Lipinski definition) is 0. The van der Waals surface area contributed by atoms with Gasteiger partial charge in [-0.15, -0.1) is 0 Å². The molecule has 2 rings (SSSR count). The molecule has 3 heteroatoms. The smallest absolute Gasteiger partial charge is 0.136 e. The Morgan fingerprint density at radius 1 is 1.50 bits per heavy atom. The van der Waals surface area contributed by atoms with Crippen LogP contribution in [0.25, 0.3) is 0 Å². The second kappa shape index (κ2) is 4.14. The molecule has 1 fully saturated rings. The highest BCUT2D eigenvalue weighted by Crippen LogP contribution is 2.27. The van der Waals surface area contributed by atoms with Gasteiger partial charge >= 0.3 is 0 Å². The first kappa shape index (κ1) is 10.4. The lowest BCUT2D eigenvalue weighted by Crippen LogP contribution is -2.19. The molecular formula is C11H13FIN. The molecule has 0 radical (unpaired) electrons. The van der Waals surface area contributed by atoms with Gasteiger partial charge < -0.3 is 0 Å². The summed E-state index contributed by atoms with van der Waals surface area (Å²) in [5.41, 5.74) is 1.20. The van der Waals surface area contributed by atoms with E-state index >= 15 is 0 Å². The molecule has 1 aliphatic rings. The molecule has 0 N–H and O–H groups in total. The van der Waals surface area contributed by atoms with Gasteiger partial charge in [-0.1, -0.05) is 6.07 Å². The quantitative estimate of drug-likeness (QED) is 0.776. The topological polar surface area (TPSA) is 3.24 Å². The number of rotatable bonds is 3. The van der Waals surface area contributed by atoms with E-state index in [4.69, 9.17) is 0 Å². The molecule has 0 atom stereocenters. The fourth-order valence-corrected chi connectivity index (χ4v) is 2.15. The molecule has 0 aromatic heterocycles. The van der Waals surface area contributed by atoms with Gasteiger partial charge in [0.15, 0.2) is 0 Å². The number of nitrogens with zero attached hydrogens (tertiary/aromatic N) is 1. The first-order valence-corrected chi connectivity index (χ1v) is 5.89. The lowest BCUT2D eigenvalue weighted by molar-refractivity contribution is 0.316. The van der Waals surface area contributed by atoms with E-state index in [9.17, 15) is 4.39 Å². The van der Waals surface area contributed by atoms with Gasteiger partial charge in [-0.3, -0.25) is 4.90 Å². The Bertz CT molecular complexity index is 336. The van der Waals surface area contributed by atoms with E-state index in [1.807, 2.05) is 34.7 Å². The largest absolute Gasteiger partial charge is 0.299 e. The fraction of sp³-hybridized carbons (Fsp3) is 0.455. The number of hydrogen-bond acceptors (Lipinski definition) is 1. The monoisotopic (exact) mass is 305 g/mol. The third kappa shape index (κ3) is 2.45. The highest BCUT2D eigenvalue weighted by molar-refractivity contribution is 14.1. The van der Waals surface area contributed by atoms with Crippen molar-refractivity contribution in [1.29, 1.82) is 0 Å². The SMILES string of the molecule is CN(Cc1ccc(F)c(I)c1)C1CC1. The van der Waals surface area contributed by atoms with Gasteiger partial charge in [0.25, 0.3) is 0 Å². The van der Waals surface area contributed by atoms with Crippen molar-refractivity contribution in [3.63, 3.8) is 0 Å². The van der Waals surface area contributed by atoms with E-state index in [1.54, 1.807) is 6.07 Å². The minimum atomic E-state index is -0.122. The van der Waals surface area contributed by atoms with Gasteiger partial charge in [-0.25, -0.2) is 4.39 Å². The lowest BCUT2D eigenvalue weighted by Gasteiger charge is -2.15. The highest BCUT2D eigenvalue weighted by atomic mass is 127. The van der Waals surface area contributed by atoms with Crippen molar-refractivity contribution in [2.24, 2.45) is 0 Å². The molecule has 0 saturated heterocycles. The second-order valence-electron chi connectivity index (χ2n) is 3.89. The van der Waals surface area contributed by atoms with Crippen LogP contribution in [0.1, 0.15) is 18.4 Å². The molecule has 1 aliphatic carbocycles. The summed E-state index contributed by atoms with van der Waals surface area (Å²) >= 11 is 2.04. The summed E-state index contributed by atoms with van der Waals surface area (Å²) in [4.78, 5) is 2.34. The molecule has 0 heterocycles. The summed E-state index contributed by atoms with van der Waals surface area (Å²) in [5, 5.41) is 0. The molecule has 0 spiro atoms. The van der Waals surface area contributed by atoms with E-state index in [-0.39, 0.29) is 5.82 Å². The summed E-state index contributed by atoms with van der Waals surface area (Å²) in [6.45, 7) is 0.931. The van der Waals surface area contributed by atoms with Crippen molar-refractivity contribution in [2.45, 2.75) is 25.4 Å². The molecule has 14 heavy (non-hydrogen) atoms. The van der Waals surface area contributed by atoms with Crippen LogP contribution < -0.4 is 0 Å². The maximum Gasteiger partial charge on any atom is 0.136 e.